The van der Waals surface area contributed by atoms with E-state index in [1.54, 1.807) is 0 Å². The van der Waals surface area contributed by atoms with Crippen molar-refractivity contribution in [3.05, 3.63) is 0 Å². The lowest BCUT2D eigenvalue weighted by atomic mass is 10.0. The van der Waals surface area contributed by atoms with Crippen molar-refractivity contribution in [2.75, 3.05) is 0 Å². The van der Waals surface area contributed by atoms with Crippen molar-refractivity contribution >= 4 is 16.0 Å². The van der Waals surface area contributed by atoms with Crippen LogP contribution >= 0.6 is 0 Å². The number of carbonyl (C=O) groups is 1. The van der Waals surface area contributed by atoms with Crippen LogP contribution in [0, 0.1) is 0 Å². The molecule has 0 spiro atoms. The average molecular weight is 333 g/mol. The lowest BCUT2D eigenvalue weighted by Crippen LogP contribution is -2.30. The predicted octanol–water partition coefficient (Wildman–Crippen LogP) is 3.57. The molecular formula is C16H31NO4S. The SMILES string of the molecule is NS(=O)(=O)C1(CCCCCCCCCCCCC(=O)O)CC1. The Morgan fingerprint density at radius 3 is 1.64 bits per heavy atom. The van der Waals surface area contributed by atoms with Crippen molar-refractivity contribution in [1.29, 1.82) is 0 Å². The molecule has 0 heterocycles. The Balaban J connectivity index is 1.84. The Morgan fingerprint density at radius 2 is 1.27 bits per heavy atom. The first kappa shape index (κ1) is 19.4. The van der Waals surface area contributed by atoms with Gasteiger partial charge in [0, 0.05) is 6.42 Å². The highest BCUT2D eigenvalue weighted by molar-refractivity contribution is 7.90. The molecule has 0 aromatic carbocycles. The summed E-state index contributed by atoms with van der Waals surface area (Å²) in [6, 6.07) is 0. The topological polar surface area (TPSA) is 97.5 Å². The highest BCUT2D eigenvalue weighted by Gasteiger charge is 2.51. The average Bonchev–Trinajstić information content (AvgIpc) is 3.20. The molecule has 0 amide bonds. The molecule has 1 aliphatic carbocycles. The van der Waals surface area contributed by atoms with Crippen LogP contribution in [-0.2, 0) is 14.8 Å². The van der Waals surface area contributed by atoms with Gasteiger partial charge in [-0.15, -0.1) is 0 Å². The third-order valence-corrected chi connectivity index (χ3v) is 6.50. The van der Waals surface area contributed by atoms with E-state index in [2.05, 4.69) is 0 Å². The summed E-state index contributed by atoms with van der Waals surface area (Å²) >= 11 is 0. The van der Waals surface area contributed by atoms with E-state index < -0.39 is 20.7 Å². The molecule has 0 atom stereocenters. The second kappa shape index (κ2) is 9.50. The second-order valence-corrected chi connectivity index (χ2v) is 8.61. The molecule has 1 aliphatic rings. The zero-order valence-corrected chi connectivity index (χ0v) is 14.4. The summed E-state index contributed by atoms with van der Waals surface area (Å²) < 4.78 is 22.3. The molecule has 0 bridgehead atoms. The molecule has 0 saturated heterocycles. The van der Waals surface area contributed by atoms with E-state index in [0.29, 0.717) is 6.42 Å². The summed E-state index contributed by atoms with van der Waals surface area (Å²) in [6.07, 6.45) is 13.5. The summed E-state index contributed by atoms with van der Waals surface area (Å²) in [4.78, 5) is 10.3. The van der Waals surface area contributed by atoms with Gasteiger partial charge in [-0.25, -0.2) is 13.6 Å². The monoisotopic (exact) mass is 333 g/mol. The van der Waals surface area contributed by atoms with Gasteiger partial charge in [-0.05, 0) is 25.7 Å². The summed E-state index contributed by atoms with van der Waals surface area (Å²) in [5, 5.41) is 13.8. The van der Waals surface area contributed by atoms with Crippen molar-refractivity contribution in [1.82, 2.24) is 0 Å². The van der Waals surface area contributed by atoms with E-state index in [1.807, 2.05) is 0 Å². The van der Waals surface area contributed by atoms with Gasteiger partial charge >= 0.3 is 5.97 Å². The summed E-state index contributed by atoms with van der Waals surface area (Å²) in [5.74, 6) is -0.699. The maximum Gasteiger partial charge on any atom is 0.303 e. The molecule has 6 heteroatoms. The number of hydrogen-bond acceptors (Lipinski definition) is 3. The zero-order valence-electron chi connectivity index (χ0n) is 13.6. The quantitative estimate of drug-likeness (QED) is 0.475. The minimum absolute atomic E-state index is 0.292. The third kappa shape index (κ3) is 7.58. The smallest absolute Gasteiger partial charge is 0.303 e. The third-order valence-electron chi connectivity index (χ3n) is 4.68. The molecule has 0 radical (unpaired) electrons. The highest BCUT2D eigenvalue weighted by Crippen LogP contribution is 2.46. The minimum Gasteiger partial charge on any atom is -0.481 e. The van der Waals surface area contributed by atoms with Crippen molar-refractivity contribution in [3.8, 4) is 0 Å². The van der Waals surface area contributed by atoms with Gasteiger partial charge in [0.05, 0.1) is 4.75 Å². The normalized spacial score (nSPS) is 16.6. The lowest BCUT2D eigenvalue weighted by molar-refractivity contribution is -0.137. The predicted molar refractivity (Wildman–Crippen MR) is 88.1 cm³/mol. The Hall–Kier alpha value is -0.620. The van der Waals surface area contributed by atoms with Crippen LogP contribution in [0.25, 0.3) is 0 Å². The number of unbranched alkanes of at least 4 members (excludes halogenated alkanes) is 9. The molecular weight excluding hydrogens is 302 g/mol. The van der Waals surface area contributed by atoms with Crippen LogP contribution in [0.4, 0.5) is 0 Å². The number of carboxylic acid groups (broad SMARTS) is 1. The summed E-state index contributed by atoms with van der Waals surface area (Å²) in [6.45, 7) is 0. The number of carboxylic acids is 1. The fourth-order valence-corrected chi connectivity index (χ4v) is 4.05. The van der Waals surface area contributed by atoms with Gasteiger partial charge < -0.3 is 5.11 Å². The van der Waals surface area contributed by atoms with E-state index in [9.17, 15) is 13.2 Å². The number of nitrogens with two attached hydrogens (primary N) is 1. The number of primary sulfonamides is 1. The lowest BCUT2D eigenvalue weighted by Gasteiger charge is -2.11. The van der Waals surface area contributed by atoms with Crippen LogP contribution < -0.4 is 5.14 Å². The Bertz CT molecular complexity index is 429. The maximum atomic E-state index is 11.4. The van der Waals surface area contributed by atoms with Gasteiger partial charge in [0.15, 0.2) is 0 Å². The van der Waals surface area contributed by atoms with Crippen LogP contribution in [0.1, 0.15) is 89.9 Å². The Kier molecular flexibility index (Phi) is 8.39. The molecule has 1 saturated carbocycles. The van der Waals surface area contributed by atoms with E-state index in [0.717, 1.165) is 51.4 Å². The first-order valence-electron chi connectivity index (χ1n) is 8.62. The number of hydrogen-bond donors (Lipinski definition) is 2. The number of aliphatic carboxylic acids is 1. The van der Waals surface area contributed by atoms with Gasteiger partial charge in [-0.2, -0.15) is 0 Å². The molecule has 5 nitrogen and oxygen atoms in total. The van der Waals surface area contributed by atoms with Gasteiger partial charge in [0.1, 0.15) is 0 Å². The maximum absolute atomic E-state index is 11.4. The number of rotatable bonds is 14. The zero-order chi connectivity index (χ0) is 16.5. The number of sulfonamides is 1. The van der Waals surface area contributed by atoms with Crippen molar-refractivity contribution in [2.24, 2.45) is 5.14 Å². The molecule has 1 rings (SSSR count). The van der Waals surface area contributed by atoms with Gasteiger partial charge in [0.2, 0.25) is 10.0 Å². The largest absolute Gasteiger partial charge is 0.481 e. The standard InChI is InChI=1S/C16H31NO4S/c17-22(20,21)16(13-14-16)12-10-8-6-4-2-1-3-5-7-9-11-15(18)19/h1-14H2,(H,18,19)(H2,17,20,21). The molecule has 130 valence electrons. The van der Waals surface area contributed by atoms with Gasteiger partial charge in [0.25, 0.3) is 0 Å². The molecule has 0 aromatic rings. The first-order valence-corrected chi connectivity index (χ1v) is 10.2. The Labute approximate surface area is 134 Å². The van der Waals surface area contributed by atoms with Crippen LogP contribution in [0.2, 0.25) is 0 Å². The fourth-order valence-electron chi connectivity index (χ4n) is 2.95. The molecule has 0 aromatic heterocycles. The van der Waals surface area contributed by atoms with Gasteiger partial charge in [-0.1, -0.05) is 57.8 Å². The molecule has 0 unspecified atom stereocenters. The molecule has 0 aliphatic heterocycles. The highest BCUT2D eigenvalue weighted by atomic mass is 32.2. The first-order chi connectivity index (χ1) is 10.4. The van der Waals surface area contributed by atoms with Crippen molar-refractivity contribution in [2.45, 2.75) is 94.6 Å². The van der Waals surface area contributed by atoms with Crippen LogP contribution in [0.15, 0.2) is 0 Å². The van der Waals surface area contributed by atoms with E-state index in [-0.39, 0.29) is 0 Å². The molecule has 1 fully saturated rings. The molecule has 22 heavy (non-hydrogen) atoms. The van der Waals surface area contributed by atoms with Crippen LogP contribution in [0.3, 0.4) is 0 Å². The van der Waals surface area contributed by atoms with Crippen LogP contribution in [-0.4, -0.2) is 24.2 Å². The van der Waals surface area contributed by atoms with Crippen molar-refractivity contribution < 1.29 is 18.3 Å². The molecule has 3 N–H and O–H groups in total. The van der Waals surface area contributed by atoms with E-state index in [1.165, 1.54) is 32.1 Å². The van der Waals surface area contributed by atoms with Crippen LogP contribution in [0.5, 0.6) is 0 Å². The Morgan fingerprint density at radius 1 is 0.864 bits per heavy atom. The van der Waals surface area contributed by atoms with Crippen molar-refractivity contribution in [3.63, 3.8) is 0 Å². The van der Waals surface area contributed by atoms with E-state index >= 15 is 0 Å². The fraction of sp³-hybridized carbons (Fsp3) is 0.938. The minimum atomic E-state index is -3.35. The summed E-state index contributed by atoms with van der Waals surface area (Å²) in [7, 11) is -3.35. The summed E-state index contributed by atoms with van der Waals surface area (Å²) in [5.41, 5.74) is 0. The van der Waals surface area contributed by atoms with Gasteiger partial charge in [-0.3, -0.25) is 4.79 Å². The second-order valence-electron chi connectivity index (χ2n) is 6.66. The van der Waals surface area contributed by atoms with E-state index in [4.69, 9.17) is 10.2 Å².